The van der Waals surface area contributed by atoms with Gasteiger partial charge in [0.2, 0.25) is 5.13 Å². The van der Waals surface area contributed by atoms with Crippen molar-refractivity contribution in [1.82, 2.24) is 20.5 Å². The van der Waals surface area contributed by atoms with E-state index in [4.69, 9.17) is 0 Å². The van der Waals surface area contributed by atoms with Crippen molar-refractivity contribution in [1.29, 1.82) is 0 Å². The van der Waals surface area contributed by atoms with Gasteiger partial charge in [0.05, 0.1) is 0 Å². The van der Waals surface area contributed by atoms with Crippen LogP contribution in [-0.4, -0.2) is 27.8 Å². The van der Waals surface area contributed by atoms with E-state index in [1.54, 1.807) is 12.4 Å². The third-order valence-corrected chi connectivity index (χ3v) is 3.28. The van der Waals surface area contributed by atoms with Crippen molar-refractivity contribution in [3.63, 3.8) is 0 Å². The highest BCUT2D eigenvalue weighted by atomic mass is 32.1. The highest BCUT2D eigenvalue weighted by Crippen LogP contribution is 2.25. The molecule has 100 valence electrons. The summed E-state index contributed by atoms with van der Waals surface area (Å²) < 4.78 is 0. The Balaban J connectivity index is 1.93. The van der Waals surface area contributed by atoms with Gasteiger partial charge in [-0.1, -0.05) is 24.7 Å². The number of urea groups is 1. The predicted molar refractivity (Wildman–Crippen MR) is 75.1 cm³/mol. The lowest BCUT2D eigenvalue weighted by Gasteiger charge is -2.02. The summed E-state index contributed by atoms with van der Waals surface area (Å²) >= 11 is 1.33. The van der Waals surface area contributed by atoms with E-state index in [1.807, 2.05) is 12.1 Å². The van der Waals surface area contributed by atoms with Crippen LogP contribution in [0, 0.1) is 0 Å². The largest absolute Gasteiger partial charge is 0.338 e. The van der Waals surface area contributed by atoms with Gasteiger partial charge in [-0.25, -0.2) is 4.79 Å². The molecule has 0 spiro atoms. The Hall–Kier alpha value is -2.02. The minimum absolute atomic E-state index is 0.245. The minimum Gasteiger partial charge on any atom is -0.338 e. The van der Waals surface area contributed by atoms with Gasteiger partial charge in [-0.2, -0.15) is 0 Å². The van der Waals surface area contributed by atoms with E-state index in [1.165, 1.54) is 11.3 Å². The van der Waals surface area contributed by atoms with Crippen LogP contribution >= 0.6 is 11.3 Å². The van der Waals surface area contributed by atoms with Crippen molar-refractivity contribution in [3.8, 4) is 10.6 Å². The molecule has 0 aliphatic heterocycles. The summed E-state index contributed by atoms with van der Waals surface area (Å²) in [4.78, 5) is 15.5. The molecular weight excluding hydrogens is 262 g/mol. The van der Waals surface area contributed by atoms with Crippen molar-refractivity contribution < 1.29 is 4.79 Å². The molecule has 0 saturated heterocycles. The number of anilines is 1. The first kappa shape index (κ1) is 13.4. The van der Waals surface area contributed by atoms with Crippen LogP contribution in [0.3, 0.4) is 0 Å². The summed E-state index contributed by atoms with van der Waals surface area (Å²) in [6.45, 7) is 2.74. The number of aromatic nitrogens is 3. The fourth-order valence-corrected chi connectivity index (χ4v) is 2.15. The number of carbonyl (C=O) groups is 1. The standard InChI is InChI=1S/C12H15N5OS/c1-2-3-6-14-11(18)15-12-17-16-10(19-12)9-4-7-13-8-5-9/h4-5,7-8H,2-3,6H2,1H3,(H2,14,15,17,18). The molecule has 2 aromatic rings. The molecule has 0 aromatic carbocycles. The third-order valence-electron chi connectivity index (χ3n) is 2.39. The number of nitrogens with zero attached hydrogens (tertiary/aromatic N) is 3. The van der Waals surface area contributed by atoms with Gasteiger partial charge in [-0.05, 0) is 18.6 Å². The predicted octanol–water partition coefficient (Wildman–Crippen LogP) is 2.52. The molecule has 0 saturated carbocycles. The molecule has 0 aliphatic carbocycles. The fraction of sp³-hybridized carbons (Fsp3) is 0.333. The van der Waals surface area contributed by atoms with Crippen molar-refractivity contribution in [2.45, 2.75) is 19.8 Å². The Morgan fingerprint density at radius 2 is 2.11 bits per heavy atom. The molecule has 0 bridgehead atoms. The van der Waals surface area contributed by atoms with E-state index in [0.29, 0.717) is 11.7 Å². The van der Waals surface area contributed by atoms with Crippen LogP contribution in [0.25, 0.3) is 10.6 Å². The number of pyridine rings is 1. The SMILES string of the molecule is CCCCNC(=O)Nc1nnc(-c2ccncc2)s1. The van der Waals surface area contributed by atoms with Crippen molar-refractivity contribution in [2.24, 2.45) is 0 Å². The zero-order valence-electron chi connectivity index (χ0n) is 10.6. The molecule has 2 amide bonds. The summed E-state index contributed by atoms with van der Waals surface area (Å²) in [6.07, 6.45) is 5.40. The summed E-state index contributed by atoms with van der Waals surface area (Å²) in [5.41, 5.74) is 0.937. The number of nitrogens with one attached hydrogen (secondary N) is 2. The quantitative estimate of drug-likeness (QED) is 0.823. The average molecular weight is 277 g/mol. The lowest BCUT2D eigenvalue weighted by atomic mass is 10.3. The van der Waals surface area contributed by atoms with Gasteiger partial charge < -0.3 is 5.32 Å². The Morgan fingerprint density at radius 3 is 2.84 bits per heavy atom. The van der Waals surface area contributed by atoms with Gasteiger partial charge in [-0.15, -0.1) is 10.2 Å². The molecule has 0 aliphatic rings. The molecule has 0 unspecified atom stereocenters. The molecule has 2 rings (SSSR count). The molecular formula is C12H15N5OS. The fourth-order valence-electron chi connectivity index (χ4n) is 1.40. The van der Waals surface area contributed by atoms with E-state index in [2.05, 4.69) is 32.7 Å². The maximum absolute atomic E-state index is 11.5. The van der Waals surface area contributed by atoms with Crippen LogP contribution in [0.4, 0.5) is 9.93 Å². The molecule has 2 aromatic heterocycles. The molecule has 2 N–H and O–H groups in total. The van der Waals surface area contributed by atoms with E-state index in [-0.39, 0.29) is 6.03 Å². The second kappa shape index (κ2) is 6.79. The van der Waals surface area contributed by atoms with Gasteiger partial charge >= 0.3 is 6.03 Å². The number of rotatable bonds is 5. The zero-order valence-corrected chi connectivity index (χ0v) is 11.4. The highest BCUT2D eigenvalue weighted by Gasteiger charge is 2.08. The van der Waals surface area contributed by atoms with Gasteiger partial charge in [-0.3, -0.25) is 10.3 Å². The summed E-state index contributed by atoms with van der Waals surface area (Å²) in [6, 6.07) is 3.46. The first-order valence-corrected chi connectivity index (χ1v) is 6.90. The number of hydrogen-bond donors (Lipinski definition) is 2. The molecule has 0 radical (unpaired) electrons. The maximum atomic E-state index is 11.5. The lowest BCUT2D eigenvalue weighted by Crippen LogP contribution is -2.29. The van der Waals surface area contributed by atoms with Gasteiger partial charge in [0.15, 0.2) is 0 Å². The van der Waals surface area contributed by atoms with Gasteiger partial charge in [0.25, 0.3) is 0 Å². The van der Waals surface area contributed by atoms with Crippen LogP contribution in [0.5, 0.6) is 0 Å². The van der Waals surface area contributed by atoms with Crippen molar-refractivity contribution in [2.75, 3.05) is 11.9 Å². The number of amides is 2. The van der Waals surface area contributed by atoms with Crippen LogP contribution in [0.1, 0.15) is 19.8 Å². The Morgan fingerprint density at radius 1 is 1.32 bits per heavy atom. The first-order valence-electron chi connectivity index (χ1n) is 6.08. The van der Waals surface area contributed by atoms with Crippen LogP contribution < -0.4 is 10.6 Å². The number of carbonyl (C=O) groups excluding carboxylic acids is 1. The highest BCUT2D eigenvalue weighted by molar-refractivity contribution is 7.18. The number of unbranched alkanes of at least 4 members (excludes halogenated alkanes) is 1. The first-order chi connectivity index (χ1) is 9.29. The molecule has 0 fully saturated rings. The normalized spacial score (nSPS) is 10.2. The average Bonchev–Trinajstić information content (AvgIpc) is 2.88. The smallest absolute Gasteiger partial charge is 0.321 e. The van der Waals surface area contributed by atoms with Crippen LogP contribution in [-0.2, 0) is 0 Å². The Labute approximate surface area is 115 Å². The molecule has 2 heterocycles. The third kappa shape index (κ3) is 3.99. The van der Waals surface area contributed by atoms with E-state index < -0.39 is 0 Å². The zero-order chi connectivity index (χ0) is 13.5. The second-order valence-corrected chi connectivity index (χ2v) is 4.86. The Bertz CT molecular complexity index is 528. The molecule has 19 heavy (non-hydrogen) atoms. The summed E-state index contributed by atoms with van der Waals surface area (Å²) in [5.74, 6) is 0. The van der Waals surface area contributed by atoms with Crippen molar-refractivity contribution in [3.05, 3.63) is 24.5 Å². The van der Waals surface area contributed by atoms with E-state index >= 15 is 0 Å². The second-order valence-electron chi connectivity index (χ2n) is 3.88. The maximum Gasteiger partial charge on any atom is 0.321 e. The number of hydrogen-bond acceptors (Lipinski definition) is 5. The van der Waals surface area contributed by atoms with Gasteiger partial charge in [0, 0.05) is 24.5 Å². The minimum atomic E-state index is -0.245. The van der Waals surface area contributed by atoms with Gasteiger partial charge in [0.1, 0.15) is 5.01 Å². The topological polar surface area (TPSA) is 79.8 Å². The van der Waals surface area contributed by atoms with E-state index in [0.717, 1.165) is 23.4 Å². The van der Waals surface area contributed by atoms with Crippen LogP contribution in [0.2, 0.25) is 0 Å². The summed E-state index contributed by atoms with van der Waals surface area (Å²) in [7, 11) is 0. The summed E-state index contributed by atoms with van der Waals surface area (Å²) in [5, 5.41) is 14.6. The van der Waals surface area contributed by atoms with Crippen LogP contribution in [0.15, 0.2) is 24.5 Å². The molecule has 7 heteroatoms. The molecule has 0 atom stereocenters. The van der Waals surface area contributed by atoms with E-state index in [9.17, 15) is 4.79 Å². The Kier molecular flexibility index (Phi) is 4.79. The lowest BCUT2D eigenvalue weighted by molar-refractivity contribution is 0.252. The molecule has 6 nitrogen and oxygen atoms in total. The monoisotopic (exact) mass is 277 g/mol. The van der Waals surface area contributed by atoms with Crippen molar-refractivity contribution >= 4 is 22.5 Å².